The van der Waals surface area contributed by atoms with Crippen molar-refractivity contribution in [3.8, 4) is 5.75 Å². The lowest BCUT2D eigenvalue weighted by atomic mass is 10.1. The Morgan fingerprint density at radius 2 is 1.95 bits per heavy atom. The first-order valence-corrected chi connectivity index (χ1v) is 7.05. The van der Waals surface area contributed by atoms with Crippen LogP contribution in [0.5, 0.6) is 5.75 Å². The van der Waals surface area contributed by atoms with Crippen LogP contribution in [-0.4, -0.2) is 18.4 Å². The number of anilines is 2. The van der Waals surface area contributed by atoms with Crippen molar-refractivity contribution in [3.05, 3.63) is 52.5 Å². The topological polar surface area (TPSA) is 67.4 Å². The van der Waals surface area contributed by atoms with E-state index in [4.69, 9.17) is 4.74 Å². The highest BCUT2D eigenvalue weighted by Crippen LogP contribution is 2.28. The van der Waals surface area contributed by atoms with Crippen LogP contribution in [0.15, 0.2) is 46.9 Å². The van der Waals surface area contributed by atoms with Crippen molar-refractivity contribution in [3.63, 3.8) is 0 Å². The standard InChI is InChI=1S/C15H11BrN2O3/c16-10-2-4-11(5-3-10)17-15(20)9-1-6-12-13(7-9)21-8-14(19)18-12/h1-7H,8H2,(H,17,20)(H,18,19). The Kier molecular flexibility index (Phi) is 3.62. The number of rotatable bonds is 2. The Labute approximate surface area is 129 Å². The number of benzene rings is 2. The number of hydrogen-bond donors (Lipinski definition) is 2. The van der Waals surface area contributed by atoms with Gasteiger partial charge >= 0.3 is 0 Å². The lowest BCUT2D eigenvalue weighted by Crippen LogP contribution is -2.25. The van der Waals surface area contributed by atoms with Crippen molar-refractivity contribution < 1.29 is 14.3 Å². The number of halogens is 1. The maximum Gasteiger partial charge on any atom is 0.262 e. The smallest absolute Gasteiger partial charge is 0.262 e. The molecule has 21 heavy (non-hydrogen) atoms. The predicted octanol–water partition coefficient (Wildman–Crippen LogP) is 3.03. The molecule has 0 radical (unpaired) electrons. The second-order valence-electron chi connectivity index (χ2n) is 4.51. The molecular formula is C15H11BrN2O3. The minimum absolute atomic E-state index is 0.0369. The van der Waals surface area contributed by atoms with Crippen LogP contribution in [0.25, 0.3) is 0 Å². The minimum atomic E-state index is -0.236. The van der Waals surface area contributed by atoms with Gasteiger partial charge in [-0.05, 0) is 42.5 Å². The molecule has 1 aliphatic rings. The normalized spacial score (nSPS) is 12.9. The fraction of sp³-hybridized carbons (Fsp3) is 0.0667. The molecule has 0 saturated heterocycles. The van der Waals surface area contributed by atoms with Crippen LogP contribution in [0.3, 0.4) is 0 Å². The van der Waals surface area contributed by atoms with Gasteiger partial charge in [-0.3, -0.25) is 9.59 Å². The number of fused-ring (bicyclic) bond motifs is 1. The van der Waals surface area contributed by atoms with Crippen molar-refractivity contribution in [2.24, 2.45) is 0 Å². The van der Waals surface area contributed by atoms with Gasteiger partial charge in [-0.15, -0.1) is 0 Å². The quantitative estimate of drug-likeness (QED) is 0.878. The zero-order valence-corrected chi connectivity index (χ0v) is 12.4. The summed E-state index contributed by atoms with van der Waals surface area (Å²) in [4.78, 5) is 23.4. The second kappa shape index (κ2) is 5.57. The van der Waals surface area contributed by atoms with E-state index in [9.17, 15) is 9.59 Å². The molecule has 2 aromatic carbocycles. The highest BCUT2D eigenvalue weighted by atomic mass is 79.9. The molecule has 2 N–H and O–H groups in total. The van der Waals surface area contributed by atoms with E-state index >= 15 is 0 Å². The zero-order valence-electron chi connectivity index (χ0n) is 10.9. The summed E-state index contributed by atoms with van der Waals surface area (Å²) < 4.78 is 6.24. The molecule has 0 atom stereocenters. The summed E-state index contributed by atoms with van der Waals surface area (Å²) in [5.41, 5.74) is 1.74. The van der Waals surface area contributed by atoms with Crippen molar-refractivity contribution in [1.82, 2.24) is 0 Å². The van der Waals surface area contributed by atoms with Crippen LogP contribution in [0.2, 0.25) is 0 Å². The summed E-state index contributed by atoms with van der Waals surface area (Å²) in [5, 5.41) is 5.48. The van der Waals surface area contributed by atoms with Gasteiger partial charge < -0.3 is 15.4 Å². The van der Waals surface area contributed by atoms with Gasteiger partial charge in [0.2, 0.25) is 0 Å². The van der Waals surface area contributed by atoms with E-state index in [0.717, 1.165) is 4.47 Å². The van der Waals surface area contributed by atoms with Crippen molar-refractivity contribution >= 4 is 39.1 Å². The number of carbonyl (C=O) groups is 2. The number of carbonyl (C=O) groups excluding carboxylic acids is 2. The fourth-order valence-electron chi connectivity index (χ4n) is 1.95. The Balaban J connectivity index is 1.79. The summed E-state index contributed by atoms with van der Waals surface area (Å²) >= 11 is 3.34. The Morgan fingerprint density at radius 1 is 1.19 bits per heavy atom. The van der Waals surface area contributed by atoms with Gasteiger partial charge in [0.05, 0.1) is 5.69 Å². The Bertz CT molecular complexity index is 713. The molecule has 0 unspecified atom stereocenters. The Hall–Kier alpha value is -2.34. The van der Waals surface area contributed by atoms with Gasteiger partial charge in [-0.2, -0.15) is 0 Å². The zero-order chi connectivity index (χ0) is 14.8. The predicted molar refractivity (Wildman–Crippen MR) is 82.7 cm³/mol. The summed E-state index contributed by atoms with van der Waals surface area (Å²) in [6.45, 7) is -0.0369. The maximum absolute atomic E-state index is 12.2. The highest BCUT2D eigenvalue weighted by Gasteiger charge is 2.17. The molecule has 2 aromatic rings. The van der Waals surface area contributed by atoms with Gasteiger partial charge in [-0.1, -0.05) is 15.9 Å². The minimum Gasteiger partial charge on any atom is -0.482 e. The third-order valence-corrected chi connectivity index (χ3v) is 3.51. The van der Waals surface area contributed by atoms with Crippen LogP contribution in [-0.2, 0) is 4.79 Å². The van der Waals surface area contributed by atoms with Gasteiger partial charge in [0.15, 0.2) is 6.61 Å². The molecule has 0 bridgehead atoms. The number of ether oxygens (including phenoxy) is 1. The van der Waals surface area contributed by atoms with Crippen LogP contribution in [0.1, 0.15) is 10.4 Å². The lowest BCUT2D eigenvalue weighted by Gasteiger charge is -2.18. The first-order chi connectivity index (χ1) is 10.1. The van der Waals surface area contributed by atoms with E-state index in [0.29, 0.717) is 22.7 Å². The molecule has 1 heterocycles. The first kappa shape index (κ1) is 13.6. The van der Waals surface area contributed by atoms with Crippen LogP contribution in [0, 0.1) is 0 Å². The molecule has 0 spiro atoms. The van der Waals surface area contributed by atoms with E-state index in [1.807, 2.05) is 12.1 Å². The molecule has 1 aliphatic heterocycles. The molecule has 6 heteroatoms. The molecule has 106 valence electrons. The van der Waals surface area contributed by atoms with E-state index in [2.05, 4.69) is 26.6 Å². The molecule has 0 fully saturated rings. The molecular weight excluding hydrogens is 336 g/mol. The number of nitrogens with one attached hydrogen (secondary N) is 2. The van der Waals surface area contributed by atoms with Gasteiger partial charge in [0, 0.05) is 15.7 Å². The first-order valence-electron chi connectivity index (χ1n) is 6.25. The van der Waals surface area contributed by atoms with Crippen LogP contribution >= 0.6 is 15.9 Å². The van der Waals surface area contributed by atoms with Gasteiger partial charge in [0.25, 0.3) is 11.8 Å². The summed E-state index contributed by atoms with van der Waals surface area (Å²) in [5.74, 6) is 0.0632. The summed E-state index contributed by atoms with van der Waals surface area (Å²) in [7, 11) is 0. The second-order valence-corrected chi connectivity index (χ2v) is 5.42. The molecule has 3 rings (SSSR count). The SMILES string of the molecule is O=C1COc2cc(C(=O)Nc3ccc(Br)cc3)ccc2N1. The van der Waals surface area contributed by atoms with Crippen LogP contribution in [0.4, 0.5) is 11.4 Å². The van der Waals surface area contributed by atoms with Gasteiger partial charge in [-0.25, -0.2) is 0 Å². The summed E-state index contributed by atoms with van der Waals surface area (Å²) in [6, 6.07) is 12.2. The van der Waals surface area contributed by atoms with Crippen LogP contribution < -0.4 is 15.4 Å². The average Bonchev–Trinajstić information content (AvgIpc) is 2.49. The molecule has 0 aromatic heterocycles. The van der Waals surface area contributed by atoms with E-state index in [1.165, 1.54) is 0 Å². The largest absolute Gasteiger partial charge is 0.482 e. The average molecular weight is 347 g/mol. The number of amides is 2. The lowest BCUT2D eigenvalue weighted by molar-refractivity contribution is -0.118. The summed E-state index contributed by atoms with van der Waals surface area (Å²) in [6.07, 6.45) is 0. The number of hydrogen-bond acceptors (Lipinski definition) is 3. The van der Waals surface area contributed by atoms with E-state index in [-0.39, 0.29) is 18.4 Å². The molecule has 5 nitrogen and oxygen atoms in total. The Morgan fingerprint density at radius 3 is 2.71 bits per heavy atom. The third kappa shape index (κ3) is 3.05. The van der Waals surface area contributed by atoms with Crippen molar-refractivity contribution in [2.45, 2.75) is 0 Å². The highest BCUT2D eigenvalue weighted by molar-refractivity contribution is 9.10. The molecule has 2 amide bonds. The van der Waals surface area contributed by atoms with Crippen molar-refractivity contribution in [2.75, 3.05) is 17.2 Å². The van der Waals surface area contributed by atoms with Gasteiger partial charge in [0.1, 0.15) is 5.75 Å². The molecule has 0 saturated carbocycles. The van der Waals surface area contributed by atoms with E-state index < -0.39 is 0 Å². The maximum atomic E-state index is 12.2. The molecule has 0 aliphatic carbocycles. The monoisotopic (exact) mass is 346 g/mol. The van der Waals surface area contributed by atoms with E-state index in [1.54, 1.807) is 30.3 Å². The van der Waals surface area contributed by atoms with Crippen molar-refractivity contribution in [1.29, 1.82) is 0 Å². The third-order valence-electron chi connectivity index (χ3n) is 2.98. The fourth-order valence-corrected chi connectivity index (χ4v) is 2.22.